The molecule has 94 valence electrons. The molecule has 0 saturated heterocycles. The first-order valence-corrected chi connectivity index (χ1v) is 6.05. The van der Waals surface area contributed by atoms with Gasteiger partial charge >= 0.3 is 0 Å². The zero-order valence-corrected chi connectivity index (χ0v) is 11.1. The standard InChI is InChI=1S/C14H15NO2S/c1-14(2,16)10-3-5-11(6-4-10)17-12-7-8-13(18)15-9-12/h3-9,16H,1-2H3,(H,15,18). The SMILES string of the molecule is CC(C)(O)c1ccc(Oc2ccc(=S)[nH]c2)cc1. The van der Waals surface area contributed by atoms with Crippen LogP contribution in [-0.4, -0.2) is 10.1 Å². The molecule has 4 heteroatoms. The lowest BCUT2D eigenvalue weighted by molar-refractivity contribution is 0.0786. The molecule has 0 aliphatic heterocycles. The first-order valence-electron chi connectivity index (χ1n) is 5.65. The third-order valence-electron chi connectivity index (χ3n) is 2.55. The van der Waals surface area contributed by atoms with Crippen molar-refractivity contribution >= 4 is 12.2 Å². The van der Waals surface area contributed by atoms with Crippen molar-refractivity contribution in [2.75, 3.05) is 0 Å². The zero-order chi connectivity index (χ0) is 13.2. The predicted molar refractivity (Wildman–Crippen MR) is 73.4 cm³/mol. The van der Waals surface area contributed by atoms with Gasteiger partial charge in [0.05, 0.1) is 5.60 Å². The molecule has 2 N–H and O–H groups in total. The molecule has 2 aromatic rings. The van der Waals surface area contributed by atoms with E-state index >= 15 is 0 Å². The molecule has 0 radical (unpaired) electrons. The number of nitrogens with one attached hydrogen (secondary N) is 1. The largest absolute Gasteiger partial charge is 0.456 e. The summed E-state index contributed by atoms with van der Waals surface area (Å²) in [5.41, 5.74) is 0.0123. The zero-order valence-electron chi connectivity index (χ0n) is 10.3. The lowest BCUT2D eigenvalue weighted by atomic mass is 9.99. The Bertz CT molecular complexity index is 561. The summed E-state index contributed by atoms with van der Waals surface area (Å²) < 4.78 is 6.31. The molecule has 0 amide bonds. The number of hydrogen-bond acceptors (Lipinski definition) is 3. The topological polar surface area (TPSA) is 45.2 Å². The van der Waals surface area contributed by atoms with Gasteiger partial charge in [-0.15, -0.1) is 0 Å². The van der Waals surface area contributed by atoms with E-state index in [0.717, 1.165) is 5.56 Å². The molecule has 1 heterocycles. The third kappa shape index (κ3) is 3.18. The Kier molecular flexibility index (Phi) is 3.50. The van der Waals surface area contributed by atoms with Crippen LogP contribution in [0.3, 0.4) is 0 Å². The summed E-state index contributed by atoms with van der Waals surface area (Å²) in [6.07, 6.45) is 1.71. The second kappa shape index (κ2) is 4.92. The molecule has 3 nitrogen and oxygen atoms in total. The summed E-state index contributed by atoms with van der Waals surface area (Å²) in [7, 11) is 0. The summed E-state index contributed by atoms with van der Waals surface area (Å²) >= 11 is 4.96. The highest BCUT2D eigenvalue weighted by Gasteiger charge is 2.15. The van der Waals surface area contributed by atoms with E-state index in [2.05, 4.69) is 4.98 Å². The van der Waals surface area contributed by atoms with Crippen molar-refractivity contribution in [1.82, 2.24) is 4.98 Å². The highest BCUT2D eigenvalue weighted by atomic mass is 32.1. The number of pyridine rings is 1. The van der Waals surface area contributed by atoms with Gasteiger partial charge in [-0.2, -0.15) is 0 Å². The van der Waals surface area contributed by atoms with Crippen LogP contribution in [0.2, 0.25) is 0 Å². The van der Waals surface area contributed by atoms with Crippen molar-refractivity contribution in [3.8, 4) is 11.5 Å². The van der Waals surface area contributed by atoms with Crippen molar-refractivity contribution in [2.45, 2.75) is 19.4 Å². The monoisotopic (exact) mass is 261 g/mol. The molecule has 0 aliphatic carbocycles. The molecule has 1 aromatic carbocycles. The molecule has 0 fully saturated rings. The molecule has 18 heavy (non-hydrogen) atoms. The Morgan fingerprint density at radius 2 is 1.67 bits per heavy atom. The molecule has 0 aliphatic rings. The van der Waals surface area contributed by atoms with E-state index in [4.69, 9.17) is 17.0 Å². The molecular weight excluding hydrogens is 246 g/mol. The molecule has 1 aromatic heterocycles. The van der Waals surface area contributed by atoms with Gasteiger partial charge in [-0.3, -0.25) is 0 Å². The van der Waals surface area contributed by atoms with Gasteiger partial charge in [0.2, 0.25) is 0 Å². The third-order valence-corrected chi connectivity index (χ3v) is 2.81. The van der Waals surface area contributed by atoms with E-state index < -0.39 is 5.60 Å². The lowest BCUT2D eigenvalue weighted by Crippen LogP contribution is -2.14. The predicted octanol–water partition coefficient (Wildman–Crippen LogP) is 3.76. The van der Waals surface area contributed by atoms with Crippen LogP contribution in [0.15, 0.2) is 42.6 Å². The number of H-pyrrole nitrogens is 1. The van der Waals surface area contributed by atoms with Gasteiger partial charge in [-0.05, 0) is 43.7 Å². The van der Waals surface area contributed by atoms with Crippen LogP contribution in [0.4, 0.5) is 0 Å². The Balaban J connectivity index is 2.16. The smallest absolute Gasteiger partial charge is 0.143 e. The van der Waals surface area contributed by atoms with Gasteiger partial charge in [-0.1, -0.05) is 24.4 Å². The van der Waals surface area contributed by atoms with Gasteiger partial charge in [0.15, 0.2) is 0 Å². The second-order valence-corrected chi connectivity index (χ2v) is 5.01. The number of aliphatic hydroxyl groups is 1. The minimum absolute atomic E-state index is 0.666. The molecular formula is C14H15NO2S. The van der Waals surface area contributed by atoms with E-state index in [1.54, 1.807) is 26.1 Å². The van der Waals surface area contributed by atoms with E-state index in [-0.39, 0.29) is 0 Å². The average Bonchev–Trinajstić information content (AvgIpc) is 2.32. The van der Waals surface area contributed by atoms with E-state index in [0.29, 0.717) is 16.1 Å². The maximum Gasteiger partial charge on any atom is 0.143 e. The summed E-state index contributed by atoms with van der Waals surface area (Å²) in [6, 6.07) is 10.9. The second-order valence-electron chi connectivity index (χ2n) is 4.57. The van der Waals surface area contributed by atoms with Crippen molar-refractivity contribution in [2.24, 2.45) is 0 Å². The Hall–Kier alpha value is -1.65. The molecule has 2 rings (SSSR count). The van der Waals surface area contributed by atoms with Gasteiger partial charge in [0.1, 0.15) is 16.1 Å². The van der Waals surface area contributed by atoms with Crippen molar-refractivity contribution in [3.05, 3.63) is 52.8 Å². The number of benzene rings is 1. The van der Waals surface area contributed by atoms with Crippen molar-refractivity contribution in [1.29, 1.82) is 0 Å². The number of hydrogen-bond donors (Lipinski definition) is 2. The first-order chi connectivity index (χ1) is 8.45. The summed E-state index contributed by atoms with van der Waals surface area (Å²) in [6.45, 7) is 3.50. The van der Waals surface area contributed by atoms with Crippen molar-refractivity contribution < 1.29 is 9.84 Å². The number of rotatable bonds is 3. The normalized spacial score (nSPS) is 11.3. The fourth-order valence-electron chi connectivity index (χ4n) is 1.53. The van der Waals surface area contributed by atoms with Crippen molar-refractivity contribution in [3.63, 3.8) is 0 Å². The van der Waals surface area contributed by atoms with E-state index in [1.807, 2.05) is 30.3 Å². The quantitative estimate of drug-likeness (QED) is 0.827. The minimum Gasteiger partial charge on any atom is -0.456 e. The van der Waals surface area contributed by atoms with Crippen LogP contribution in [0.5, 0.6) is 11.5 Å². The minimum atomic E-state index is -0.837. The Morgan fingerprint density at radius 1 is 1.06 bits per heavy atom. The van der Waals surface area contributed by atoms with Crippen LogP contribution in [-0.2, 0) is 5.60 Å². The number of aromatic amines is 1. The fraction of sp³-hybridized carbons (Fsp3) is 0.214. The average molecular weight is 261 g/mol. The van der Waals surface area contributed by atoms with Crippen LogP contribution in [0.1, 0.15) is 19.4 Å². The van der Waals surface area contributed by atoms with Gasteiger partial charge in [0, 0.05) is 6.20 Å². The van der Waals surface area contributed by atoms with Crippen LogP contribution < -0.4 is 4.74 Å². The highest BCUT2D eigenvalue weighted by molar-refractivity contribution is 7.71. The first kappa shape index (κ1) is 12.8. The number of ether oxygens (including phenoxy) is 1. The number of aromatic nitrogens is 1. The van der Waals surface area contributed by atoms with Crippen LogP contribution >= 0.6 is 12.2 Å². The lowest BCUT2D eigenvalue weighted by Gasteiger charge is -2.17. The Morgan fingerprint density at radius 3 is 2.17 bits per heavy atom. The summed E-state index contributed by atoms with van der Waals surface area (Å²) in [5, 5.41) is 9.84. The van der Waals surface area contributed by atoms with Gasteiger partial charge in [0.25, 0.3) is 0 Å². The van der Waals surface area contributed by atoms with Gasteiger partial charge < -0.3 is 14.8 Å². The summed E-state index contributed by atoms with van der Waals surface area (Å²) in [5.74, 6) is 1.41. The molecule has 0 saturated carbocycles. The molecule has 0 bridgehead atoms. The molecule has 0 atom stereocenters. The summed E-state index contributed by atoms with van der Waals surface area (Å²) in [4.78, 5) is 2.91. The van der Waals surface area contributed by atoms with Crippen LogP contribution in [0, 0.1) is 4.64 Å². The maximum atomic E-state index is 9.84. The molecule has 0 spiro atoms. The molecule has 0 unspecified atom stereocenters. The fourth-order valence-corrected chi connectivity index (χ4v) is 1.65. The van der Waals surface area contributed by atoms with Crippen LogP contribution in [0.25, 0.3) is 0 Å². The maximum absolute atomic E-state index is 9.84. The Labute approximate surface area is 111 Å². The highest BCUT2D eigenvalue weighted by Crippen LogP contribution is 2.25. The van der Waals surface area contributed by atoms with Gasteiger partial charge in [-0.25, -0.2) is 0 Å². The van der Waals surface area contributed by atoms with E-state index in [1.165, 1.54) is 0 Å². The van der Waals surface area contributed by atoms with E-state index in [9.17, 15) is 5.11 Å².